The summed E-state index contributed by atoms with van der Waals surface area (Å²) in [5, 5.41) is -0.565. The van der Waals surface area contributed by atoms with Gasteiger partial charge in [-0.15, -0.1) is 0 Å². The molecule has 0 aromatic heterocycles. The fourth-order valence-electron chi connectivity index (χ4n) is 1.75. The minimum Gasteiger partial charge on any atom is -0.340 e. The Bertz CT molecular complexity index is 516. The maximum atomic E-state index is 13.1. The molecule has 0 aliphatic carbocycles. The molecule has 1 amide bonds. The third-order valence-electron chi connectivity index (χ3n) is 2.92. The number of hydrogen-bond acceptors (Lipinski definition) is 2. The van der Waals surface area contributed by atoms with Crippen molar-refractivity contribution in [2.75, 3.05) is 12.8 Å². The zero-order chi connectivity index (χ0) is 15.1. The van der Waals surface area contributed by atoms with E-state index in [0.29, 0.717) is 17.9 Å². The largest absolute Gasteiger partial charge is 0.340 e. The van der Waals surface area contributed by atoms with Crippen LogP contribution in [0.25, 0.3) is 0 Å². The molecule has 0 aliphatic rings. The topological polar surface area (TPSA) is 37.4 Å². The molecule has 0 spiro atoms. The predicted octanol–water partition coefficient (Wildman–Crippen LogP) is 2.50. The molecule has 0 saturated heterocycles. The van der Waals surface area contributed by atoms with E-state index >= 15 is 0 Å². The summed E-state index contributed by atoms with van der Waals surface area (Å²) in [5.74, 6) is -0.151. The molecule has 5 heteroatoms. The predicted molar refractivity (Wildman–Crippen MR) is 80.2 cm³/mol. The van der Waals surface area contributed by atoms with Crippen molar-refractivity contribution < 1.29 is 13.4 Å². The second kappa shape index (κ2) is 7.94. The number of halogens is 1. The summed E-state index contributed by atoms with van der Waals surface area (Å²) in [4.78, 5) is 13.6. The lowest BCUT2D eigenvalue weighted by atomic mass is 10.2. The lowest BCUT2D eigenvalue weighted by Crippen LogP contribution is -2.37. The van der Waals surface area contributed by atoms with E-state index in [2.05, 4.69) is 0 Å². The second-order valence-corrected chi connectivity index (χ2v) is 6.38. The first-order valence-corrected chi connectivity index (χ1v) is 7.81. The fourth-order valence-corrected chi connectivity index (χ4v) is 2.82. The molecule has 3 nitrogen and oxygen atoms in total. The van der Waals surface area contributed by atoms with Gasteiger partial charge in [0.2, 0.25) is 5.91 Å². The molecule has 0 saturated carbocycles. The van der Waals surface area contributed by atoms with Crippen LogP contribution in [0.15, 0.2) is 36.4 Å². The summed E-state index contributed by atoms with van der Waals surface area (Å²) in [6.45, 7) is 3.81. The summed E-state index contributed by atoms with van der Waals surface area (Å²) >= 11 is 0. The Balaban J connectivity index is 2.64. The second-order valence-electron chi connectivity index (χ2n) is 4.58. The number of rotatable bonds is 6. The van der Waals surface area contributed by atoms with Crippen molar-refractivity contribution in [3.8, 4) is 0 Å². The molecule has 1 aromatic rings. The van der Waals surface area contributed by atoms with E-state index in [9.17, 15) is 13.4 Å². The van der Waals surface area contributed by atoms with Gasteiger partial charge in [-0.1, -0.05) is 24.3 Å². The van der Waals surface area contributed by atoms with Crippen LogP contribution in [0.1, 0.15) is 19.4 Å². The molecule has 0 aliphatic heterocycles. The van der Waals surface area contributed by atoms with Gasteiger partial charge >= 0.3 is 0 Å². The van der Waals surface area contributed by atoms with Crippen molar-refractivity contribution in [2.45, 2.75) is 25.6 Å². The van der Waals surface area contributed by atoms with Crippen molar-refractivity contribution in [3.05, 3.63) is 47.8 Å². The number of benzene rings is 1. The SMILES string of the molecule is C/C=C/C[S@@](=O)[C@H](C)C(=O)N(C)Cc1cccc(F)c1. The van der Waals surface area contributed by atoms with Crippen LogP contribution in [0.2, 0.25) is 0 Å². The highest BCUT2D eigenvalue weighted by molar-refractivity contribution is 7.86. The van der Waals surface area contributed by atoms with Crippen LogP contribution in [0.5, 0.6) is 0 Å². The van der Waals surface area contributed by atoms with Crippen LogP contribution in [0, 0.1) is 5.82 Å². The molecular formula is C15H20FNO2S. The van der Waals surface area contributed by atoms with E-state index in [1.54, 1.807) is 32.2 Å². The Morgan fingerprint density at radius 3 is 2.80 bits per heavy atom. The van der Waals surface area contributed by atoms with Gasteiger partial charge in [0, 0.05) is 30.1 Å². The summed E-state index contributed by atoms with van der Waals surface area (Å²) in [6.07, 6.45) is 3.60. The van der Waals surface area contributed by atoms with Gasteiger partial charge in [0.25, 0.3) is 0 Å². The smallest absolute Gasteiger partial charge is 0.238 e. The van der Waals surface area contributed by atoms with Crippen LogP contribution >= 0.6 is 0 Å². The van der Waals surface area contributed by atoms with Gasteiger partial charge in [0.05, 0.1) is 0 Å². The molecule has 0 unspecified atom stereocenters. The van der Waals surface area contributed by atoms with Crippen LogP contribution in [0.4, 0.5) is 4.39 Å². The van der Waals surface area contributed by atoms with E-state index < -0.39 is 16.0 Å². The van der Waals surface area contributed by atoms with E-state index in [1.807, 2.05) is 13.0 Å². The Morgan fingerprint density at radius 2 is 2.20 bits per heavy atom. The standard InChI is InChI=1S/C15H20FNO2S/c1-4-5-9-20(19)12(2)15(18)17(3)11-13-7-6-8-14(16)10-13/h4-8,10,12H,9,11H2,1-3H3/b5-4+/t12-,20-/m1/s1. The van der Waals surface area contributed by atoms with Crippen LogP contribution in [0.3, 0.4) is 0 Å². The molecule has 0 bridgehead atoms. The number of carbonyl (C=O) groups is 1. The molecule has 1 rings (SSSR count). The van der Waals surface area contributed by atoms with Gasteiger partial charge in [-0.05, 0) is 31.5 Å². The summed E-state index contributed by atoms with van der Waals surface area (Å²) in [5.41, 5.74) is 0.715. The fraction of sp³-hybridized carbons (Fsp3) is 0.400. The van der Waals surface area contributed by atoms with Crippen LogP contribution in [-0.2, 0) is 22.1 Å². The van der Waals surface area contributed by atoms with Crippen molar-refractivity contribution >= 4 is 16.7 Å². The Morgan fingerprint density at radius 1 is 1.50 bits per heavy atom. The molecule has 0 N–H and O–H groups in total. The molecular weight excluding hydrogens is 277 g/mol. The molecule has 0 radical (unpaired) electrons. The molecule has 1 aromatic carbocycles. The summed E-state index contributed by atoms with van der Waals surface area (Å²) in [6, 6.07) is 6.12. The van der Waals surface area contributed by atoms with E-state index in [-0.39, 0.29) is 11.7 Å². The summed E-state index contributed by atoms with van der Waals surface area (Å²) < 4.78 is 25.0. The van der Waals surface area contributed by atoms with Gasteiger partial charge in [0.1, 0.15) is 11.1 Å². The first-order valence-electron chi connectivity index (χ1n) is 6.43. The number of hydrogen-bond donors (Lipinski definition) is 0. The number of nitrogens with zero attached hydrogens (tertiary/aromatic N) is 1. The zero-order valence-electron chi connectivity index (χ0n) is 12.0. The zero-order valence-corrected chi connectivity index (χ0v) is 12.8. The molecule has 2 atom stereocenters. The normalized spacial score (nSPS) is 14.2. The van der Waals surface area contributed by atoms with Crippen molar-refractivity contribution in [1.29, 1.82) is 0 Å². The Kier molecular flexibility index (Phi) is 6.58. The molecule has 0 heterocycles. The Labute approximate surface area is 121 Å². The van der Waals surface area contributed by atoms with Gasteiger partial charge in [-0.3, -0.25) is 9.00 Å². The summed E-state index contributed by atoms with van der Waals surface area (Å²) in [7, 11) is 0.406. The maximum Gasteiger partial charge on any atom is 0.238 e. The van der Waals surface area contributed by atoms with Gasteiger partial charge < -0.3 is 4.90 Å². The van der Waals surface area contributed by atoms with Crippen molar-refractivity contribution in [2.24, 2.45) is 0 Å². The first kappa shape index (κ1) is 16.6. The highest BCUT2D eigenvalue weighted by Gasteiger charge is 2.22. The Hall–Kier alpha value is -1.49. The number of amides is 1. The van der Waals surface area contributed by atoms with Crippen LogP contribution in [-0.4, -0.2) is 33.1 Å². The average molecular weight is 297 g/mol. The highest BCUT2D eigenvalue weighted by Crippen LogP contribution is 2.09. The minimum atomic E-state index is -1.23. The van der Waals surface area contributed by atoms with Crippen LogP contribution < -0.4 is 0 Å². The van der Waals surface area contributed by atoms with Crippen molar-refractivity contribution in [3.63, 3.8) is 0 Å². The third kappa shape index (κ3) is 4.89. The number of carbonyl (C=O) groups excluding carboxylic acids is 1. The minimum absolute atomic E-state index is 0.197. The monoisotopic (exact) mass is 297 g/mol. The highest BCUT2D eigenvalue weighted by atomic mass is 32.2. The number of allylic oxidation sites excluding steroid dienone is 1. The molecule has 20 heavy (non-hydrogen) atoms. The lowest BCUT2D eigenvalue weighted by molar-refractivity contribution is -0.129. The third-order valence-corrected chi connectivity index (χ3v) is 4.43. The quantitative estimate of drug-likeness (QED) is 0.757. The maximum absolute atomic E-state index is 13.1. The van der Waals surface area contributed by atoms with E-state index in [0.717, 1.165) is 0 Å². The van der Waals surface area contributed by atoms with E-state index in [4.69, 9.17) is 0 Å². The molecule has 110 valence electrons. The van der Waals surface area contributed by atoms with Gasteiger partial charge in [0.15, 0.2) is 0 Å². The molecule has 0 fully saturated rings. The average Bonchev–Trinajstić information content (AvgIpc) is 2.43. The lowest BCUT2D eigenvalue weighted by Gasteiger charge is -2.21. The van der Waals surface area contributed by atoms with E-state index in [1.165, 1.54) is 17.0 Å². The first-order chi connectivity index (χ1) is 9.45. The van der Waals surface area contributed by atoms with Crippen molar-refractivity contribution in [1.82, 2.24) is 4.90 Å². The van der Waals surface area contributed by atoms with Gasteiger partial charge in [-0.25, -0.2) is 4.39 Å². The van der Waals surface area contributed by atoms with Gasteiger partial charge in [-0.2, -0.15) is 0 Å².